The number of benzene rings is 1. The zero-order valence-corrected chi connectivity index (χ0v) is 11.7. The van der Waals surface area contributed by atoms with Gasteiger partial charge in [-0.3, -0.25) is 14.9 Å². The van der Waals surface area contributed by atoms with Crippen molar-refractivity contribution in [2.75, 3.05) is 10.6 Å². The molecule has 0 unspecified atom stereocenters. The number of thiazole rings is 1. The van der Waals surface area contributed by atoms with Crippen molar-refractivity contribution in [1.82, 2.24) is 4.98 Å². The Morgan fingerprint density at radius 3 is 2.25 bits per heavy atom. The number of nitrogens with zero attached hydrogens (tertiary/aromatic N) is 1. The molecule has 0 aliphatic carbocycles. The number of carbonyl (C=O) groups is 2. The lowest BCUT2D eigenvalue weighted by Crippen LogP contribution is -2.28. The molecule has 3 N–H and O–H groups in total. The standard InChI is InChI=1S/C13H13N3O3S/c1-7-8(2)20-13(14-7)16-12(19)11(18)15-9-3-5-10(17)6-4-9/h3-6,17H,1-2H3,(H,15,18)(H,14,16,19). The van der Waals surface area contributed by atoms with Gasteiger partial charge < -0.3 is 10.4 Å². The number of amides is 2. The molecule has 0 aliphatic rings. The number of rotatable bonds is 2. The second-order valence-electron chi connectivity index (χ2n) is 4.12. The summed E-state index contributed by atoms with van der Waals surface area (Å²) in [4.78, 5) is 28.5. The average molecular weight is 291 g/mol. The van der Waals surface area contributed by atoms with E-state index < -0.39 is 11.8 Å². The van der Waals surface area contributed by atoms with Gasteiger partial charge in [-0.05, 0) is 38.1 Å². The molecule has 20 heavy (non-hydrogen) atoms. The summed E-state index contributed by atoms with van der Waals surface area (Å²) in [5.74, 6) is -1.49. The highest BCUT2D eigenvalue weighted by Gasteiger charge is 2.16. The van der Waals surface area contributed by atoms with Gasteiger partial charge in [0.05, 0.1) is 5.69 Å². The maximum atomic E-state index is 11.7. The Labute approximate surface area is 119 Å². The summed E-state index contributed by atoms with van der Waals surface area (Å²) in [5.41, 5.74) is 1.25. The van der Waals surface area contributed by atoms with E-state index in [9.17, 15) is 9.59 Å². The Bertz CT molecular complexity index is 630. The quantitative estimate of drug-likeness (QED) is 0.583. The first kappa shape index (κ1) is 14.0. The van der Waals surface area contributed by atoms with Gasteiger partial charge >= 0.3 is 11.8 Å². The molecule has 0 radical (unpaired) electrons. The average Bonchev–Trinajstić information content (AvgIpc) is 2.71. The van der Waals surface area contributed by atoms with E-state index in [1.807, 2.05) is 13.8 Å². The van der Waals surface area contributed by atoms with Crippen molar-refractivity contribution in [2.45, 2.75) is 13.8 Å². The minimum absolute atomic E-state index is 0.0844. The SMILES string of the molecule is Cc1nc(NC(=O)C(=O)Nc2ccc(O)cc2)sc1C. The summed E-state index contributed by atoms with van der Waals surface area (Å²) < 4.78 is 0. The van der Waals surface area contributed by atoms with Crippen LogP contribution >= 0.6 is 11.3 Å². The van der Waals surface area contributed by atoms with Crippen molar-refractivity contribution in [3.63, 3.8) is 0 Å². The van der Waals surface area contributed by atoms with Crippen LogP contribution in [-0.2, 0) is 9.59 Å². The fourth-order valence-electron chi connectivity index (χ4n) is 1.41. The summed E-state index contributed by atoms with van der Waals surface area (Å²) >= 11 is 1.31. The summed E-state index contributed by atoms with van der Waals surface area (Å²) in [6.07, 6.45) is 0. The summed E-state index contributed by atoms with van der Waals surface area (Å²) in [6.45, 7) is 3.72. The molecule has 0 saturated carbocycles. The van der Waals surface area contributed by atoms with E-state index in [1.165, 1.54) is 35.6 Å². The number of hydrogen-bond acceptors (Lipinski definition) is 5. The van der Waals surface area contributed by atoms with Crippen molar-refractivity contribution in [3.8, 4) is 5.75 Å². The Morgan fingerprint density at radius 1 is 1.10 bits per heavy atom. The van der Waals surface area contributed by atoms with Gasteiger partial charge in [0, 0.05) is 10.6 Å². The van der Waals surface area contributed by atoms with E-state index in [4.69, 9.17) is 5.11 Å². The van der Waals surface area contributed by atoms with Gasteiger partial charge in [-0.2, -0.15) is 0 Å². The van der Waals surface area contributed by atoms with Crippen molar-refractivity contribution in [3.05, 3.63) is 34.8 Å². The van der Waals surface area contributed by atoms with Gasteiger partial charge in [0.15, 0.2) is 5.13 Å². The molecule has 7 heteroatoms. The third-order valence-corrected chi connectivity index (χ3v) is 3.57. The first-order valence-corrected chi connectivity index (χ1v) is 6.63. The Morgan fingerprint density at radius 2 is 1.70 bits per heavy atom. The number of phenols is 1. The molecule has 0 spiro atoms. The predicted molar refractivity (Wildman–Crippen MR) is 77.0 cm³/mol. The van der Waals surface area contributed by atoms with Crippen LogP contribution in [0, 0.1) is 13.8 Å². The van der Waals surface area contributed by atoms with Crippen LogP contribution in [0.15, 0.2) is 24.3 Å². The van der Waals surface area contributed by atoms with E-state index in [1.54, 1.807) is 0 Å². The van der Waals surface area contributed by atoms with Gasteiger partial charge in [0.1, 0.15) is 5.75 Å². The van der Waals surface area contributed by atoms with Gasteiger partial charge in [-0.25, -0.2) is 4.98 Å². The molecular formula is C13H13N3O3S. The molecule has 2 rings (SSSR count). The molecule has 1 aromatic carbocycles. The van der Waals surface area contributed by atoms with E-state index >= 15 is 0 Å². The zero-order valence-electron chi connectivity index (χ0n) is 10.9. The number of aromatic nitrogens is 1. The summed E-state index contributed by atoms with van der Waals surface area (Å²) in [6, 6.07) is 5.83. The summed E-state index contributed by atoms with van der Waals surface area (Å²) in [7, 11) is 0. The summed E-state index contributed by atoms with van der Waals surface area (Å²) in [5, 5.41) is 14.4. The number of nitrogens with one attached hydrogen (secondary N) is 2. The highest BCUT2D eigenvalue weighted by molar-refractivity contribution is 7.15. The van der Waals surface area contributed by atoms with Crippen LogP contribution in [0.1, 0.15) is 10.6 Å². The molecule has 104 valence electrons. The first-order valence-electron chi connectivity index (χ1n) is 5.81. The van der Waals surface area contributed by atoms with Crippen LogP contribution in [0.2, 0.25) is 0 Å². The predicted octanol–water partition coefficient (Wildman–Crippen LogP) is 2.04. The topological polar surface area (TPSA) is 91.3 Å². The number of phenolic OH excluding ortho intramolecular Hbond substituents is 1. The smallest absolute Gasteiger partial charge is 0.315 e. The lowest BCUT2D eigenvalue weighted by molar-refractivity contribution is -0.132. The second-order valence-corrected chi connectivity index (χ2v) is 5.32. The highest BCUT2D eigenvalue weighted by atomic mass is 32.1. The monoisotopic (exact) mass is 291 g/mol. The van der Waals surface area contributed by atoms with Crippen LogP contribution in [0.5, 0.6) is 5.75 Å². The lowest BCUT2D eigenvalue weighted by atomic mass is 10.3. The number of anilines is 2. The van der Waals surface area contributed by atoms with Gasteiger partial charge in [-0.15, -0.1) is 11.3 Å². The van der Waals surface area contributed by atoms with Crippen molar-refractivity contribution < 1.29 is 14.7 Å². The molecule has 0 saturated heterocycles. The number of carbonyl (C=O) groups excluding carboxylic acids is 2. The molecule has 1 heterocycles. The van der Waals surface area contributed by atoms with E-state index in [0.717, 1.165) is 10.6 Å². The van der Waals surface area contributed by atoms with E-state index in [-0.39, 0.29) is 5.75 Å². The molecule has 6 nitrogen and oxygen atoms in total. The Balaban J connectivity index is 1.98. The van der Waals surface area contributed by atoms with E-state index in [0.29, 0.717) is 10.8 Å². The van der Waals surface area contributed by atoms with Crippen LogP contribution in [0.4, 0.5) is 10.8 Å². The molecular weight excluding hydrogens is 278 g/mol. The van der Waals surface area contributed by atoms with Gasteiger partial charge in [0.2, 0.25) is 0 Å². The molecule has 0 fully saturated rings. The lowest BCUT2D eigenvalue weighted by Gasteiger charge is -2.04. The van der Waals surface area contributed by atoms with Crippen molar-refractivity contribution in [2.24, 2.45) is 0 Å². The van der Waals surface area contributed by atoms with Gasteiger partial charge in [0.25, 0.3) is 0 Å². The number of aryl methyl sites for hydroxylation is 2. The molecule has 0 bridgehead atoms. The fraction of sp³-hybridized carbons (Fsp3) is 0.154. The Kier molecular flexibility index (Phi) is 3.99. The minimum atomic E-state index is -0.791. The third kappa shape index (κ3) is 3.33. The Hall–Kier alpha value is -2.41. The maximum absolute atomic E-state index is 11.7. The largest absolute Gasteiger partial charge is 0.508 e. The minimum Gasteiger partial charge on any atom is -0.508 e. The van der Waals surface area contributed by atoms with Crippen LogP contribution in [0.25, 0.3) is 0 Å². The molecule has 2 aromatic rings. The van der Waals surface area contributed by atoms with Crippen molar-refractivity contribution >= 4 is 34.0 Å². The highest BCUT2D eigenvalue weighted by Crippen LogP contribution is 2.21. The molecule has 0 atom stereocenters. The maximum Gasteiger partial charge on any atom is 0.315 e. The molecule has 0 aliphatic heterocycles. The molecule has 2 amide bonds. The van der Waals surface area contributed by atoms with E-state index in [2.05, 4.69) is 15.6 Å². The molecule has 1 aromatic heterocycles. The second kappa shape index (κ2) is 5.70. The fourth-order valence-corrected chi connectivity index (χ4v) is 2.22. The third-order valence-electron chi connectivity index (χ3n) is 2.58. The van der Waals surface area contributed by atoms with Crippen molar-refractivity contribution in [1.29, 1.82) is 0 Å². The van der Waals surface area contributed by atoms with Crippen LogP contribution in [-0.4, -0.2) is 21.9 Å². The van der Waals surface area contributed by atoms with Crippen LogP contribution in [0.3, 0.4) is 0 Å². The number of aromatic hydroxyl groups is 1. The number of hydrogen-bond donors (Lipinski definition) is 3. The first-order chi connectivity index (χ1) is 9.45. The normalized spacial score (nSPS) is 10.1. The zero-order chi connectivity index (χ0) is 14.7. The van der Waals surface area contributed by atoms with Crippen LogP contribution < -0.4 is 10.6 Å². The van der Waals surface area contributed by atoms with Gasteiger partial charge in [-0.1, -0.05) is 0 Å².